The highest BCUT2D eigenvalue weighted by molar-refractivity contribution is 5.66. The first-order valence-corrected chi connectivity index (χ1v) is 9.98. The van der Waals surface area contributed by atoms with Gasteiger partial charge in [0.1, 0.15) is 6.10 Å². The molecule has 0 saturated carbocycles. The molecule has 1 aliphatic heterocycles. The summed E-state index contributed by atoms with van der Waals surface area (Å²) in [4.78, 5) is 10.4. The smallest absolute Gasteiger partial charge is 0.303 e. The average Bonchev–Trinajstić information content (AvgIpc) is 3.03. The van der Waals surface area contributed by atoms with Crippen molar-refractivity contribution in [1.29, 1.82) is 0 Å². The van der Waals surface area contributed by atoms with Gasteiger partial charge in [0.05, 0.1) is 24.4 Å². The van der Waals surface area contributed by atoms with Gasteiger partial charge in [-0.15, -0.1) is 0 Å². The van der Waals surface area contributed by atoms with Crippen LogP contribution in [-0.4, -0.2) is 56.9 Å². The molecule has 0 aromatic rings. The van der Waals surface area contributed by atoms with E-state index in [1.54, 1.807) is 12.2 Å². The Morgan fingerprint density at radius 2 is 1.82 bits per heavy atom. The molecule has 28 heavy (non-hydrogen) atoms. The molecule has 1 rings (SSSR count). The van der Waals surface area contributed by atoms with Crippen molar-refractivity contribution in [2.45, 2.75) is 82.4 Å². The van der Waals surface area contributed by atoms with E-state index in [0.29, 0.717) is 32.1 Å². The van der Waals surface area contributed by atoms with Crippen molar-refractivity contribution in [2.75, 3.05) is 0 Å². The maximum absolute atomic E-state index is 10.4. The highest BCUT2D eigenvalue weighted by Gasteiger charge is 2.35. The van der Waals surface area contributed by atoms with Gasteiger partial charge < -0.3 is 25.2 Å². The third kappa shape index (κ3) is 10.6. The summed E-state index contributed by atoms with van der Waals surface area (Å²) in [5, 5.41) is 38.8. The molecule has 6 heteroatoms. The first kappa shape index (κ1) is 24.3. The molecule has 158 valence electrons. The Kier molecular flexibility index (Phi) is 12.4. The summed E-state index contributed by atoms with van der Waals surface area (Å²) in [5.41, 5.74) is 0. The van der Waals surface area contributed by atoms with Gasteiger partial charge >= 0.3 is 5.97 Å². The summed E-state index contributed by atoms with van der Waals surface area (Å²) in [6.45, 7) is 2.03. The molecule has 0 aliphatic carbocycles. The number of allylic oxidation sites excluding steroid dienone is 4. The average molecular weight is 395 g/mol. The lowest BCUT2D eigenvalue weighted by atomic mass is 10.0. The van der Waals surface area contributed by atoms with Gasteiger partial charge in [0.2, 0.25) is 0 Å². The first-order chi connectivity index (χ1) is 13.4. The molecule has 4 N–H and O–H groups in total. The molecule has 5 atom stereocenters. The van der Waals surface area contributed by atoms with Crippen molar-refractivity contribution in [3.8, 4) is 0 Å². The minimum atomic E-state index is -0.805. The topological polar surface area (TPSA) is 107 Å². The molecule has 0 aromatic heterocycles. The van der Waals surface area contributed by atoms with Crippen molar-refractivity contribution in [3.05, 3.63) is 48.6 Å². The first-order valence-electron chi connectivity index (χ1n) is 9.98. The Morgan fingerprint density at radius 1 is 1.11 bits per heavy atom. The van der Waals surface area contributed by atoms with Crippen LogP contribution < -0.4 is 0 Å². The van der Waals surface area contributed by atoms with E-state index >= 15 is 0 Å². The van der Waals surface area contributed by atoms with E-state index in [0.717, 1.165) is 6.42 Å². The lowest BCUT2D eigenvalue weighted by Gasteiger charge is -2.16. The van der Waals surface area contributed by atoms with Crippen LogP contribution in [0.25, 0.3) is 0 Å². The summed E-state index contributed by atoms with van der Waals surface area (Å²) >= 11 is 0. The van der Waals surface area contributed by atoms with Crippen molar-refractivity contribution in [1.82, 2.24) is 0 Å². The number of aliphatic carboxylic acids is 1. The summed E-state index contributed by atoms with van der Waals surface area (Å²) < 4.78 is 5.71. The molecule has 1 heterocycles. The fraction of sp³-hybridized carbons (Fsp3) is 0.591. The van der Waals surface area contributed by atoms with Crippen LogP contribution in [0.4, 0.5) is 0 Å². The normalized spacial score (nSPS) is 25.5. The van der Waals surface area contributed by atoms with Gasteiger partial charge in [-0.3, -0.25) is 4.79 Å². The summed E-state index contributed by atoms with van der Waals surface area (Å²) in [6.07, 6.45) is 15.3. The molecule has 1 aliphatic rings. The van der Waals surface area contributed by atoms with Gasteiger partial charge in [-0.2, -0.15) is 0 Å². The van der Waals surface area contributed by atoms with Crippen LogP contribution >= 0.6 is 0 Å². The minimum Gasteiger partial charge on any atom is -0.481 e. The van der Waals surface area contributed by atoms with Gasteiger partial charge in [-0.25, -0.2) is 0 Å². The van der Waals surface area contributed by atoms with Crippen LogP contribution in [0, 0.1) is 0 Å². The molecule has 6 nitrogen and oxygen atoms in total. The molecule has 0 radical (unpaired) electrons. The fourth-order valence-electron chi connectivity index (χ4n) is 2.84. The van der Waals surface area contributed by atoms with Gasteiger partial charge in [0.15, 0.2) is 0 Å². The van der Waals surface area contributed by atoms with Crippen LogP contribution in [0.2, 0.25) is 0 Å². The third-order valence-corrected chi connectivity index (χ3v) is 4.42. The van der Waals surface area contributed by atoms with Crippen LogP contribution in [0.15, 0.2) is 48.6 Å². The maximum Gasteiger partial charge on any atom is 0.303 e. The van der Waals surface area contributed by atoms with Crippen molar-refractivity contribution in [2.24, 2.45) is 0 Å². The van der Waals surface area contributed by atoms with E-state index in [1.807, 2.05) is 43.4 Å². The highest BCUT2D eigenvalue weighted by atomic mass is 16.5. The quantitative estimate of drug-likeness (QED) is 0.358. The van der Waals surface area contributed by atoms with Crippen molar-refractivity contribution < 1.29 is 30.0 Å². The molecule has 0 spiro atoms. The Labute approximate surface area is 167 Å². The van der Waals surface area contributed by atoms with Gasteiger partial charge in [0.25, 0.3) is 0 Å². The maximum atomic E-state index is 10.4. The largest absolute Gasteiger partial charge is 0.481 e. The van der Waals surface area contributed by atoms with E-state index in [9.17, 15) is 20.1 Å². The molecule has 0 amide bonds. The van der Waals surface area contributed by atoms with E-state index in [2.05, 4.69) is 0 Å². The minimum absolute atomic E-state index is 0.131. The number of aliphatic hydroxyl groups is 3. The second-order valence-corrected chi connectivity index (χ2v) is 6.92. The zero-order valence-corrected chi connectivity index (χ0v) is 16.6. The highest BCUT2D eigenvalue weighted by Crippen LogP contribution is 2.25. The Balaban J connectivity index is 2.29. The van der Waals surface area contributed by atoms with Crippen LogP contribution in [0.5, 0.6) is 0 Å². The SMILES string of the molecule is CC/C=C\C[C@H](O)[C@@H]1C[C@H](O)[C@@H](/C=C/[C@@H](O)C/C=C\C/C=C\CCC(=O)O)O1. The van der Waals surface area contributed by atoms with Gasteiger partial charge in [-0.1, -0.05) is 55.5 Å². The number of carbonyl (C=O) groups is 1. The molecule has 0 bridgehead atoms. The number of ether oxygens (including phenoxy) is 1. The van der Waals surface area contributed by atoms with Crippen molar-refractivity contribution in [3.63, 3.8) is 0 Å². The number of carboxylic acids is 1. The Bertz CT molecular complexity index is 551. The van der Waals surface area contributed by atoms with Crippen LogP contribution in [0.3, 0.4) is 0 Å². The van der Waals surface area contributed by atoms with Gasteiger partial charge in [-0.05, 0) is 32.1 Å². The Hall–Kier alpha value is -1.73. The Morgan fingerprint density at radius 3 is 2.54 bits per heavy atom. The lowest BCUT2D eigenvalue weighted by molar-refractivity contribution is -0.136. The monoisotopic (exact) mass is 394 g/mol. The molecule has 0 unspecified atom stereocenters. The molecule has 1 fully saturated rings. The summed E-state index contributed by atoms with van der Waals surface area (Å²) in [6, 6.07) is 0. The fourth-order valence-corrected chi connectivity index (χ4v) is 2.84. The molecular formula is C22H34O6. The van der Waals surface area contributed by atoms with E-state index in [4.69, 9.17) is 9.84 Å². The molecule has 1 saturated heterocycles. The van der Waals surface area contributed by atoms with Gasteiger partial charge in [0, 0.05) is 12.8 Å². The summed E-state index contributed by atoms with van der Waals surface area (Å²) in [5.74, 6) is -0.805. The molecule has 0 aromatic carbocycles. The van der Waals surface area contributed by atoms with Crippen LogP contribution in [-0.2, 0) is 9.53 Å². The third-order valence-electron chi connectivity index (χ3n) is 4.42. The van der Waals surface area contributed by atoms with Crippen LogP contribution in [0.1, 0.15) is 51.9 Å². The standard InChI is InChI=1S/C22H34O6/c1-2-3-8-12-18(24)21-16-19(25)20(28-21)15-14-17(23)11-9-6-4-5-7-10-13-22(26)27/h3,5-9,14-15,17-21,23-25H,2,4,10-13,16H2,1H3,(H,26,27)/b7-5-,8-3-,9-6-,15-14+/t17-,18-,19-,20+,21-/m0/s1. The number of rotatable bonds is 13. The van der Waals surface area contributed by atoms with E-state index in [-0.39, 0.29) is 6.42 Å². The van der Waals surface area contributed by atoms with E-state index < -0.39 is 36.5 Å². The zero-order chi connectivity index (χ0) is 20.8. The predicted molar refractivity (Wildman–Crippen MR) is 109 cm³/mol. The number of aliphatic hydroxyl groups excluding tert-OH is 3. The zero-order valence-electron chi connectivity index (χ0n) is 16.6. The second kappa shape index (κ2) is 14.3. The number of hydrogen-bond acceptors (Lipinski definition) is 5. The van der Waals surface area contributed by atoms with Crippen molar-refractivity contribution >= 4 is 5.97 Å². The number of hydrogen-bond donors (Lipinski definition) is 4. The molecular weight excluding hydrogens is 360 g/mol. The number of carboxylic acid groups (broad SMARTS) is 1. The van der Waals surface area contributed by atoms with E-state index in [1.165, 1.54) is 0 Å². The predicted octanol–water partition coefficient (Wildman–Crippen LogP) is 2.90. The summed E-state index contributed by atoms with van der Waals surface area (Å²) in [7, 11) is 0. The second-order valence-electron chi connectivity index (χ2n) is 6.92. The lowest BCUT2D eigenvalue weighted by Crippen LogP contribution is -2.25.